The fourth-order valence-corrected chi connectivity index (χ4v) is 16.8. The van der Waals surface area contributed by atoms with Gasteiger partial charge in [0.1, 0.15) is 11.5 Å². The van der Waals surface area contributed by atoms with Gasteiger partial charge in [-0.15, -0.1) is 0 Å². The van der Waals surface area contributed by atoms with Crippen molar-refractivity contribution in [2.45, 2.75) is 26.0 Å². The molecule has 2 nitrogen and oxygen atoms in total. The Morgan fingerprint density at radius 3 is 0.974 bits per heavy atom. The minimum atomic E-state index is -0.636. The summed E-state index contributed by atoms with van der Waals surface area (Å²) in [5.74, 6) is 1.77. The van der Waals surface area contributed by atoms with E-state index in [9.17, 15) is 0 Å². The molecule has 0 aromatic heterocycles. The van der Waals surface area contributed by atoms with Gasteiger partial charge < -0.3 is 9.64 Å². The molecule has 12 aromatic carbocycles. The zero-order valence-electron chi connectivity index (χ0n) is 42.2. The zero-order chi connectivity index (χ0) is 50.9. The lowest BCUT2D eigenvalue weighted by Crippen LogP contribution is -2.32. The van der Waals surface area contributed by atoms with Crippen molar-refractivity contribution < 1.29 is 4.74 Å². The van der Waals surface area contributed by atoms with Gasteiger partial charge in [0.25, 0.3) is 0 Å². The van der Waals surface area contributed by atoms with Gasteiger partial charge >= 0.3 is 0 Å². The summed E-state index contributed by atoms with van der Waals surface area (Å²) in [7, 11) is 0. The van der Waals surface area contributed by atoms with Gasteiger partial charge in [0, 0.05) is 38.0 Å². The summed E-state index contributed by atoms with van der Waals surface area (Å²) in [6, 6.07) is 103. The minimum absolute atomic E-state index is 0.488. The van der Waals surface area contributed by atoms with Crippen LogP contribution < -0.4 is 9.64 Å². The van der Waals surface area contributed by atoms with Gasteiger partial charge in [-0.1, -0.05) is 224 Å². The molecule has 4 aliphatic carbocycles. The maximum Gasteiger partial charge on any atom is 0.132 e. The quantitative estimate of drug-likeness (QED) is 0.175. The predicted molar refractivity (Wildman–Crippen MR) is 316 cm³/mol. The molecule has 0 bridgehead atoms. The van der Waals surface area contributed by atoms with E-state index in [0.29, 0.717) is 0 Å². The Morgan fingerprint density at radius 1 is 0.231 bits per heavy atom. The molecule has 2 heterocycles. The number of anilines is 3. The standard InChI is InChI=1S/C75H45NOS/c1-6-24-57-49(19-1)50-20-2-7-25-58(50)73(57)59-26-8-3-21-51(59)54-40-37-47(44-67(54)73)76(46-39-42-62-56(43-46)53-23-5-10-28-61(53)74(62)65-31-13-17-35-71(65)78-72-36-18-14-32-66(72)74)48-38-41-55-52-22-4-9-27-60(52)75(68(55)45-48)63-29-11-15-33-69(63)77-70-34-16-12-30-64(70)75/h1-45H. The first-order valence-corrected chi connectivity index (χ1v) is 28.0. The van der Waals surface area contributed by atoms with Crippen molar-refractivity contribution in [1.29, 1.82) is 0 Å². The Kier molecular flexibility index (Phi) is 8.43. The van der Waals surface area contributed by atoms with Crippen molar-refractivity contribution in [3.05, 3.63) is 340 Å². The highest BCUT2D eigenvalue weighted by atomic mass is 32.2. The number of hydrogen-bond donors (Lipinski definition) is 0. The number of hydrogen-bond acceptors (Lipinski definition) is 3. The first kappa shape index (κ1) is 42.8. The number of ether oxygens (including phenoxy) is 1. The summed E-state index contributed by atoms with van der Waals surface area (Å²) in [4.78, 5) is 5.17. The first-order chi connectivity index (χ1) is 38.7. The number of fused-ring (bicyclic) bond motifs is 28. The Bertz CT molecular complexity index is 4470. The van der Waals surface area contributed by atoms with Crippen LogP contribution >= 0.6 is 11.8 Å². The van der Waals surface area contributed by atoms with Gasteiger partial charge in [-0.2, -0.15) is 0 Å². The molecule has 0 atom stereocenters. The molecule has 0 radical (unpaired) electrons. The van der Waals surface area contributed by atoms with E-state index >= 15 is 0 Å². The van der Waals surface area contributed by atoms with Crippen molar-refractivity contribution in [1.82, 2.24) is 0 Å². The summed E-state index contributed by atoms with van der Waals surface area (Å²) >= 11 is 1.89. The van der Waals surface area contributed by atoms with Crippen LogP contribution in [0.5, 0.6) is 11.5 Å². The second-order valence-corrected chi connectivity index (χ2v) is 22.8. The first-order valence-electron chi connectivity index (χ1n) is 27.1. The van der Waals surface area contributed by atoms with Crippen LogP contribution in [0.2, 0.25) is 0 Å². The average molecular weight is 1010 g/mol. The highest BCUT2D eigenvalue weighted by molar-refractivity contribution is 7.99. The molecule has 362 valence electrons. The third-order valence-electron chi connectivity index (χ3n) is 18.4. The average Bonchev–Trinajstić information content (AvgIpc) is 4.36. The molecular formula is C75H45NOS. The summed E-state index contributed by atoms with van der Waals surface area (Å²) in [5, 5.41) is 0. The lowest BCUT2D eigenvalue weighted by molar-refractivity contribution is 0.436. The van der Waals surface area contributed by atoms with Crippen LogP contribution in [0, 0.1) is 0 Å². The lowest BCUT2D eigenvalue weighted by atomic mass is 9.66. The molecule has 0 N–H and O–H groups in total. The molecule has 3 spiro atoms. The van der Waals surface area contributed by atoms with Crippen molar-refractivity contribution in [3.63, 3.8) is 0 Å². The molecule has 78 heavy (non-hydrogen) atoms. The molecule has 2 aliphatic heterocycles. The third kappa shape index (κ3) is 5.12. The van der Waals surface area contributed by atoms with Crippen LogP contribution in [0.1, 0.15) is 66.8 Å². The largest absolute Gasteiger partial charge is 0.457 e. The van der Waals surface area contributed by atoms with Crippen LogP contribution in [0.3, 0.4) is 0 Å². The predicted octanol–water partition coefficient (Wildman–Crippen LogP) is 18.8. The molecule has 6 aliphatic rings. The van der Waals surface area contributed by atoms with Gasteiger partial charge in [-0.05, 0) is 161 Å². The van der Waals surface area contributed by atoms with Gasteiger partial charge in [0.05, 0.1) is 16.2 Å². The number of rotatable bonds is 3. The van der Waals surface area contributed by atoms with Gasteiger partial charge in [0.2, 0.25) is 0 Å². The number of para-hydroxylation sites is 2. The van der Waals surface area contributed by atoms with Crippen LogP contribution in [0.25, 0.3) is 44.5 Å². The van der Waals surface area contributed by atoms with E-state index in [-0.39, 0.29) is 0 Å². The fraction of sp³-hybridized carbons (Fsp3) is 0.0400. The van der Waals surface area contributed by atoms with E-state index in [1.807, 2.05) is 11.8 Å². The third-order valence-corrected chi connectivity index (χ3v) is 19.6. The Balaban J connectivity index is 0.929. The van der Waals surface area contributed by atoms with E-state index in [1.54, 1.807) is 0 Å². The summed E-state index contributed by atoms with van der Waals surface area (Å²) < 4.78 is 6.83. The van der Waals surface area contributed by atoms with Gasteiger partial charge in [-0.3, -0.25) is 0 Å². The summed E-state index contributed by atoms with van der Waals surface area (Å²) in [6.07, 6.45) is 0. The molecule has 0 saturated carbocycles. The van der Waals surface area contributed by atoms with Gasteiger partial charge in [0.15, 0.2) is 0 Å². The van der Waals surface area contributed by atoms with Crippen LogP contribution in [0.4, 0.5) is 17.1 Å². The number of benzene rings is 12. The molecular weight excluding hydrogens is 963 g/mol. The Labute approximate surface area is 457 Å². The topological polar surface area (TPSA) is 12.5 Å². The second-order valence-electron chi connectivity index (χ2n) is 21.7. The van der Waals surface area contributed by atoms with Crippen molar-refractivity contribution in [2.24, 2.45) is 0 Å². The van der Waals surface area contributed by atoms with Crippen molar-refractivity contribution in [3.8, 4) is 56.0 Å². The molecule has 3 heteroatoms. The highest BCUT2D eigenvalue weighted by Crippen LogP contribution is 2.67. The molecule has 12 aromatic rings. The molecule has 0 saturated heterocycles. The summed E-state index contributed by atoms with van der Waals surface area (Å²) in [6.45, 7) is 0. The molecule has 0 amide bonds. The van der Waals surface area contributed by atoms with E-state index in [4.69, 9.17) is 4.74 Å². The highest BCUT2D eigenvalue weighted by Gasteiger charge is 2.54. The maximum atomic E-state index is 6.83. The SMILES string of the molecule is c1ccc2c(c1)Oc1ccccc1C21c2ccccc2-c2ccc(N(c3ccc4c(c3)-c3ccccc3C43c4ccccc4Sc4ccccc43)c3ccc4c(c3)C3(c5ccccc5-c5ccccc53)c3ccccc3-4)cc21. The maximum absolute atomic E-state index is 6.83. The van der Waals surface area contributed by atoms with Gasteiger partial charge in [-0.25, -0.2) is 0 Å². The van der Waals surface area contributed by atoms with Crippen LogP contribution in [0.15, 0.2) is 283 Å². The molecule has 18 rings (SSSR count). The van der Waals surface area contributed by atoms with E-state index < -0.39 is 16.2 Å². The lowest BCUT2D eigenvalue weighted by Gasteiger charge is -2.40. The van der Waals surface area contributed by atoms with E-state index in [2.05, 4.69) is 278 Å². The van der Waals surface area contributed by atoms with Crippen LogP contribution in [-0.4, -0.2) is 0 Å². The second kappa shape index (κ2) is 15.4. The molecule has 0 unspecified atom stereocenters. The van der Waals surface area contributed by atoms with E-state index in [0.717, 1.165) is 39.7 Å². The normalized spacial score (nSPS) is 15.3. The van der Waals surface area contributed by atoms with E-state index in [1.165, 1.54) is 110 Å². The summed E-state index contributed by atoms with van der Waals surface area (Å²) in [5.41, 5.74) is 27.3. The smallest absolute Gasteiger partial charge is 0.132 e. The zero-order valence-corrected chi connectivity index (χ0v) is 43.1. The monoisotopic (exact) mass is 1010 g/mol. The Morgan fingerprint density at radius 2 is 0.526 bits per heavy atom. The van der Waals surface area contributed by atoms with Crippen LogP contribution in [-0.2, 0) is 16.2 Å². The molecule has 0 fully saturated rings. The van der Waals surface area contributed by atoms with Crippen molar-refractivity contribution >= 4 is 28.8 Å². The van der Waals surface area contributed by atoms with Crippen molar-refractivity contribution in [2.75, 3.05) is 4.90 Å². The Hall–Kier alpha value is -9.41. The minimum Gasteiger partial charge on any atom is -0.457 e. The number of nitrogens with zero attached hydrogens (tertiary/aromatic N) is 1. The fourth-order valence-electron chi connectivity index (χ4n) is 15.6.